The molecule has 92 valence electrons. The van der Waals surface area contributed by atoms with E-state index in [-0.39, 0.29) is 18.1 Å². The number of rotatable bonds is 2. The van der Waals surface area contributed by atoms with E-state index in [0.29, 0.717) is 13.0 Å². The maximum atomic E-state index is 11.7. The smallest absolute Gasteiger partial charge is 0.323 e. The second-order valence-electron chi connectivity index (χ2n) is 4.79. The van der Waals surface area contributed by atoms with Crippen molar-refractivity contribution in [3.63, 3.8) is 0 Å². The van der Waals surface area contributed by atoms with Crippen LogP contribution in [-0.4, -0.2) is 60.9 Å². The summed E-state index contributed by atoms with van der Waals surface area (Å²) in [5.41, 5.74) is 0. The molecule has 0 aromatic rings. The van der Waals surface area contributed by atoms with Gasteiger partial charge in [-0.1, -0.05) is 0 Å². The number of carbonyl (C=O) groups is 1. The monoisotopic (exact) mass is 228 g/mol. The van der Waals surface area contributed by atoms with E-state index >= 15 is 0 Å². The molecule has 2 atom stereocenters. The van der Waals surface area contributed by atoms with Gasteiger partial charge in [0.15, 0.2) is 0 Å². The fraction of sp³-hybridized carbons (Fsp3) is 0.909. The van der Waals surface area contributed by atoms with Gasteiger partial charge < -0.3 is 20.1 Å². The van der Waals surface area contributed by atoms with Crippen molar-refractivity contribution in [1.82, 2.24) is 10.2 Å². The minimum Gasteiger partial charge on any atom is -0.461 e. The molecule has 0 aromatic heterocycles. The zero-order valence-corrected chi connectivity index (χ0v) is 9.69. The lowest BCUT2D eigenvalue weighted by Gasteiger charge is -2.29. The largest absolute Gasteiger partial charge is 0.461 e. The van der Waals surface area contributed by atoms with Crippen molar-refractivity contribution < 1.29 is 14.6 Å². The molecule has 0 saturated carbocycles. The fourth-order valence-corrected chi connectivity index (χ4v) is 2.25. The second-order valence-corrected chi connectivity index (χ2v) is 4.79. The van der Waals surface area contributed by atoms with Gasteiger partial charge in [0.05, 0.1) is 6.10 Å². The van der Waals surface area contributed by atoms with Crippen LogP contribution in [-0.2, 0) is 9.53 Å². The van der Waals surface area contributed by atoms with Gasteiger partial charge in [-0.3, -0.25) is 4.79 Å². The van der Waals surface area contributed by atoms with E-state index in [4.69, 9.17) is 4.74 Å². The summed E-state index contributed by atoms with van der Waals surface area (Å²) in [5.74, 6) is -0.203. The first-order valence-electron chi connectivity index (χ1n) is 5.95. The summed E-state index contributed by atoms with van der Waals surface area (Å²) in [6.45, 7) is 2.46. The van der Waals surface area contributed by atoms with Crippen molar-refractivity contribution in [3.05, 3.63) is 0 Å². The molecule has 0 bridgehead atoms. The Morgan fingerprint density at radius 1 is 1.44 bits per heavy atom. The molecule has 2 saturated heterocycles. The topological polar surface area (TPSA) is 61.8 Å². The third kappa shape index (κ3) is 2.93. The van der Waals surface area contributed by atoms with Crippen LogP contribution in [0.5, 0.6) is 0 Å². The Hall–Kier alpha value is -0.650. The standard InChI is InChI=1S/C11H20N2O3/c1-13-4-2-9(3-5-13)16-11(15)10-6-8(14)7-12-10/h8-10,12,14H,2-7H2,1H3. The van der Waals surface area contributed by atoms with Crippen LogP contribution >= 0.6 is 0 Å². The van der Waals surface area contributed by atoms with Crippen LogP contribution in [0.2, 0.25) is 0 Å². The highest BCUT2D eigenvalue weighted by molar-refractivity contribution is 5.76. The summed E-state index contributed by atoms with van der Waals surface area (Å²) in [4.78, 5) is 14.0. The van der Waals surface area contributed by atoms with E-state index in [0.717, 1.165) is 25.9 Å². The third-order valence-electron chi connectivity index (χ3n) is 3.34. The Bertz CT molecular complexity index is 252. The van der Waals surface area contributed by atoms with E-state index in [1.165, 1.54) is 0 Å². The Labute approximate surface area is 95.8 Å². The number of aliphatic hydroxyl groups excluding tert-OH is 1. The van der Waals surface area contributed by atoms with Crippen LogP contribution in [0.4, 0.5) is 0 Å². The Balaban J connectivity index is 1.75. The van der Waals surface area contributed by atoms with Crippen molar-refractivity contribution in [1.29, 1.82) is 0 Å². The first-order valence-corrected chi connectivity index (χ1v) is 5.95. The Morgan fingerprint density at radius 3 is 2.69 bits per heavy atom. The highest BCUT2D eigenvalue weighted by Gasteiger charge is 2.31. The Kier molecular flexibility index (Phi) is 3.78. The van der Waals surface area contributed by atoms with E-state index in [2.05, 4.69) is 17.3 Å². The van der Waals surface area contributed by atoms with Gasteiger partial charge in [-0.25, -0.2) is 0 Å². The number of carbonyl (C=O) groups excluding carboxylic acids is 1. The molecule has 2 rings (SSSR count). The summed E-state index contributed by atoms with van der Waals surface area (Å²) in [6, 6.07) is -0.311. The first-order chi connectivity index (χ1) is 7.65. The van der Waals surface area contributed by atoms with E-state index in [1.807, 2.05) is 0 Å². The average molecular weight is 228 g/mol. The van der Waals surface area contributed by atoms with Gasteiger partial charge >= 0.3 is 5.97 Å². The number of ether oxygens (including phenoxy) is 1. The highest BCUT2D eigenvalue weighted by atomic mass is 16.5. The average Bonchev–Trinajstić information content (AvgIpc) is 2.68. The number of likely N-dealkylation sites (tertiary alicyclic amines) is 1. The molecule has 0 radical (unpaired) electrons. The van der Waals surface area contributed by atoms with Crippen molar-refractivity contribution in [2.45, 2.75) is 37.5 Å². The molecule has 0 amide bonds. The molecule has 2 N–H and O–H groups in total. The maximum Gasteiger partial charge on any atom is 0.323 e. The zero-order chi connectivity index (χ0) is 11.5. The van der Waals surface area contributed by atoms with Gasteiger partial charge in [-0.05, 0) is 19.9 Å². The lowest BCUT2D eigenvalue weighted by molar-refractivity contribution is -0.153. The number of esters is 1. The van der Waals surface area contributed by atoms with E-state index < -0.39 is 6.10 Å². The molecule has 5 heteroatoms. The van der Waals surface area contributed by atoms with Crippen LogP contribution in [0.25, 0.3) is 0 Å². The summed E-state index contributed by atoms with van der Waals surface area (Å²) < 4.78 is 5.43. The van der Waals surface area contributed by atoms with Crippen LogP contribution in [0, 0.1) is 0 Å². The molecule has 2 fully saturated rings. The van der Waals surface area contributed by atoms with Crippen molar-refractivity contribution in [2.24, 2.45) is 0 Å². The predicted octanol–water partition coefficient (Wildman–Crippen LogP) is -0.653. The number of aliphatic hydroxyl groups is 1. The van der Waals surface area contributed by atoms with Crippen molar-refractivity contribution in [3.8, 4) is 0 Å². The predicted molar refractivity (Wildman–Crippen MR) is 59.0 cm³/mol. The number of piperidine rings is 1. The van der Waals surface area contributed by atoms with Crippen molar-refractivity contribution in [2.75, 3.05) is 26.7 Å². The number of nitrogens with one attached hydrogen (secondary N) is 1. The van der Waals surface area contributed by atoms with Gasteiger partial charge in [0.2, 0.25) is 0 Å². The summed E-state index contributed by atoms with van der Waals surface area (Å²) in [6.07, 6.45) is 1.96. The molecular weight excluding hydrogens is 208 g/mol. The minimum absolute atomic E-state index is 0.0586. The molecule has 2 unspecified atom stereocenters. The van der Waals surface area contributed by atoms with Gasteiger partial charge in [-0.2, -0.15) is 0 Å². The van der Waals surface area contributed by atoms with Crippen LogP contribution in [0.1, 0.15) is 19.3 Å². The summed E-state index contributed by atoms with van der Waals surface area (Å²) >= 11 is 0. The molecule has 2 aliphatic heterocycles. The fourth-order valence-electron chi connectivity index (χ4n) is 2.25. The molecule has 2 heterocycles. The number of hydrogen-bond donors (Lipinski definition) is 2. The molecule has 0 spiro atoms. The van der Waals surface area contributed by atoms with Crippen LogP contribution < -0.4 is 5.32 Å². The quantitative estimate of drug-likeness (QED) is 0.615. The van der Waals surface area contributed by atoms with Crippen molar-refractivity contribution >= 4 is 5.97 Å². The maximum absolute atomic E-state index is 11.7. The SMILES string of the molecule is CN1CCC(OC(=O)C2CC(O)CN2)CC1. The number of hydrogen-bond acceptors (Lipinski definition) is 5. The number of nitrogens with zero attached hydrogens (tertiary/aromatic N) is 1. The molecule has 2 aliphatic rings. The molecule has 16 heavy (non-hydrogen) atoms. The minimum atomic E-state index is -0.407. The molecule has 0 aliphatic carbocycles. The van der Waals surface area contributed by atoms with Gasteiger partial charge in [0.1, 0.15) is 12.1 Å². The molecule has 0 aromatic carbocycles. The summed E-state index contributed by atoms with van der Waals surface area (Å²) in [5, 5.41) is 12.3. The lowest BCUT2D eigenvalue weighted by atomic mass is 10.1. The third-order valence-corrected chi connectivity index (χ3v) is 3.34. The van der Waals surface area contributed by atoms with Gasteiger partial charge in [-0.15, -0.1) is 0 Å². The van der Waals surface area contributed by atoms with E-state index in [9.17, 15) is 9.90 Å². The zero-order valence-electron chi connectivity index (χ0n) is 9.69. The van der Waals surface area contributed by atoms with Crippen LogP contribution in [0.3, 0.4) is 0 Å². The Morgan fingerprint density at radius 2 is 2.12 bits per heavy atom. The normalized spacial score (nSPS) is 32.9. The lowest BCUT2D eigenvalue weighted by Crippen LogP contribution is -2.39. The van der Waals surface area contributed by atoms with Crippen LogP contribution in [0.15, 0.2) is 0 Å². The summed E-state index contributed by atoms with van der Waals surface area (Å²) in [7, 11) is 2.08. The van der Waals surface area contributed by atoms with Gasteiger partial charge in [0, 0.05) is 26.1 Å². The first kappa shape index (κ1) is 11.8. The van der Waals surface area contributed by atoms with E-state index in [1.54, 1.807) is 0 Å². The number of β-amino-alcohol motifs (C(OH)–C–C–N with tert-alkyl or cyclic N) is 1. The van der Waals surface area contributed by atoms with Gasteiger partial charge in [0.25, 0.3) is 0 Å². The molecule has 5 nitrogen and oxygen atoms in total. The highest BCUT2D eigenvalue weighted by Crippen LogP contribution is 2.15. The second kappa shape index (κ2) is 5.12. The molecular formula is C11H20N2O3.